The Morgan fingerprint density at radius 3 is 2.89 bits per heavy atom. The number of aromatic nitrogens is 2. The first-order valence-electron chi connectivity index (χ1n) is 6.15. The lowest BCUT2D eigenvalue weighted by Gasteiger charge is -2.07. The fourth-order valence-electron chi connectivity index (χ4n) is 1.27. The number of carbonyl (C=O) groups excluding carboxylic acids is 1. The quantitative estimate of drug-likeness (QED) is 0.541. The second-order valence-electron chi connectivity index (χ2n) is 3.84. The maximum Gasteiger partial charge on any atom is 0.357 e. The smallest absolute Gasteiger partial charge is 0.357 e. The average Bonchev–Trinajstić information content (AvgIpc) is 2.38. The fraction of sp³-hybridized carbons (Fsp3) is 0.583. The van der Waals surface area contributed by atoms with Crippen molar-refractivity contribution in [1.82, 2.24) is 9.97 Å². The highest BCUT2D eigenvalue weighted by molar-refractivity contribution is 5.87. The van der Waals surface area contributed by atoms with Gasteiger partial charge in [0.25, 0.3) is 0 Å². The van der Waals surface area contributed by atoms with Gasteiger partial charge < -0.3 is 19.9 Å². The van der Waals surface area contributed by atoms with Crippen LogP contribution in [0.4, 0.5) is 5.95 Å². The minimum atomic E-state index is -0.569. The van der Waals surface area contributed by atoms with Crippen LogP contribution in [-0.2, 0) is 9.47 Å². The van der Waals surface area contributed by atoms with Crippen LogP contribution in [0, 0.1) is 0 Å². The average molecular weight is 269 g/mol. The number of nitrogens with one attached hydrogen (secondary N) is 1. The Morgan fingerprint density at radius 2 is 2.21 bits per heavy atom. The number of aromatic hydroxyl groups is 1. The van der Waals surface area contributed by atoms with E-state index in [2.05, 4.69) is 15.3 Å². The molecule has 0 radical (unpaired) electrons. The van der Waals surface area contributed by atoms with Gasteiger partial charge in [-0.2, -0.15) is 4.98 Å². The second kappa shape index (κ2) is 8.25. The van der Waals surface area contributed by atoms with Crippen molar-refractivity contribution in [2.75, 3.05) is 32.2 Å². The summed E-state index contributed by atoms with van der Waals surface area (Å²) >= 11 is 0. The number of esters is 1. The Labute approximate surface area is 112 Å². The second-order valence-corrected chi connectivity index (χ2v) is 3.84. The van der Waals surface area contributed by atoms with Crippen LogP contribution < -0.4 is 5.32 Å². The van der Waals surface area contributed by atoms with E-state index < -0.39 is 5.97 Å². The van der Waals surface area contributed by atoms with Crippen LogP contribution in [0.25, 0.3) is 0 Å². The number of anilines is 1. The standard InChI is InChI=1S/C12H19N3O4/c1-3-4-6-19-11(17)9-8-10(16)15-12(14-9)13-5-7-18-2/h8H,3-7H2,1-2H3,(H2,13,14,15,16). The molecule has 0 saturated carbocycles. The molecule has 7 nitrogen and oxygen atoms in total. The number of carbonyl (C=O) groups is 1. The maximum atomic E-state index is 11.7. The first-order chi connectivity index (χ1) is 9.17. The highest BCUT2D eigenvalue weighted by atomic mass is 16.5. The van der Waals surface area contributed by atoms with E-state index in [0.29, 0.717) is 19.8 Å². The SMILES string of the molecule is CCCCOC(=O)c1cc(O)nc(NCCOC)n1. The van der Waals surface area contributed by atoms with Crippen molar-refractivity contribution >= 4 is 11.9 Å². The molecular weight excluding hydrogens is 250 g/mol. The molecule has 1 rings (SSSR count). The van der Waals surface area contributed by atoms with Crippen molar-refractivity contribution in [2.24, 2.45) is 0 Å². The molecule has 1 heterocycles. The number of hydrogen-bond donors (Lipinski definition) is 2. The van der Waals surface area contributed by atoms with E-state index in [4.69, 9.17) is 9.47 Å². The van der Waals surface area contributed by atoms with Crippen molar-refractivity contribution in [3.63, 3.8) is 0 Å². The van der Waals surface area contributed by atoms with Crippen molar-refractivity contribution in [2.45, 2.75) is 19.8 Å². The molecule has 0 unspecified atom stereocenters. The zero-order valence-corrected chi connectivity index (χ0v) is 11.2. The van der Waals surface area contributed by atoms with Crippen LogP contribution in [0.2, 0.25) is 0 Å². The molecule has 2 N–H and O–H groups in total. The lowest BCUT2D eigenvalue weighted by molar-refractivity contribution is 0.0492. The largest absolute Gasteiger partial charge is 0.493 e. The number of hydrogen-bond acceptors (Lipinski definition) is 7. The zero-order valence-electron chi connectivity index (χ0n) is 11.2. The summed E-state index contributed by atoms with van der Waals surface area (Å²) in [7, 11) is 1.57. The van der Waals surface area contributed by atoms with E-state index in [9.17, 15) is 9.90 Å². The topological polar surface area (TPSA) is 93.6 Å². The van der Waals surface area contributed by atoms with Crippen LogP contribution >= 0.6 is 0 Å². The molecule has 0 aromatic carbocycles. The highest BCUT2D eigenvalue weighted by Crippen LogP contribution is 2.11. The van der Waals surface area contributed by atoms with Crippen molar-refractivity contribution in [3.8, 4) is 5.88 Å². The van der Waals surface area contributed by atoms with E-state index in [1.807, 2.05) is 6.92 Å². The molecule has 0 spiro atoms. The van der Waals surface area contributed by atoms with Gasteiger partial charge in [0.1, 0.15) is 0 Å². The summed E-state index contributed by atoms with van der Waals surface area (Å²) in [6.45, 7) is 3.29. The van der Waals surface area contributed by atoms with Gasteiger partial charge in [0.2, 0.25) is 11.8 Å². The Kier molecular flexibility index (Phi) is 6.59. The van der Waals surface area contributed by atoms with Crippen molar-refractivity contribution in [3.05, 3.63) is 11.8 Å². The van der Waals surface area contributed by atoms with Gasteiger partial charge in [-0.1, -0.05) is 13.3 Å². The van der Waals surface area contributed by atoms with Crippen LogP contribution in [0.3, 0.4) is 0 Å². The Hall–Kier alpha value is -1.89. The fourth-order valence-corrected chi connectivity index (χ4v) is 1.27. The van der Waals surface area contributed by atoms with Gasteiger partial charge in [-0.15, -0.1) is 0 Å². The van der Waals surface area contributed by atoms with E-state index >= 15 is 0 Å². The number of methoxy groups -OCH3 is 1. The summed E-state index contributed by atoms with van der Waals surface area (Å²) in [6, 6.07) is 1.18. The number of ether oxygens (including phenoxy) is 2. The van der Waals surface area contributed by atoms with Crippen LogP contribution in [0.1, 0.15) is 30.3 Å². The minimum Gasteiger partial charge on any atom is -0.493 e. The third-order valence-electron chi connectivity index (χ3n) is 2.24. The molecule has 19 heavy (non-hydrogen) atoms. The third-order valence-corrected chi connectivity index (χ3v) is 2.24. The highest BCUT2D eigenvalue weighted by Gasteiger charge is 2.12. The zero-order chi connectivity index (χ0) is 14.1. The summed E-state index contributed by atoms with van der Waals surface area (Å²) in [5.74, 6) is -0.683. The molecule has 7 heteroatoms. The monoisotopic (exact) mass is 269 g/mol. The Morgan fingerprint density at radius 1 is 1.42 bits per heavy atom. The van der Waals surface area contributed by atoms with Gasteiger partial charge in [0.15, 0.2) is 5.69 Å². The third kappa shape index (κ3) is 5.52. The molecule has 1 aromatic rings. The summed E-state index contributed by atoms with van der Waals surface area (Å²) in [6.07, 6.45) is 1.73. The van der Waals surface area contributed by atoms with E-state index in [-0.39, 0.29) is 17.5 Å². The van der Waals surface area contributed by atoms with Gasteiger partial charge in [-0.25, -0.2) is 9.78 Å². The molecule has 0 aliphatic carbocycles. The van der Waals surface area contributed by atoms with Gasteiger partial charge in [0, 0.05) is 19.7 Å². The van der Waals surface area contributed by atoms with Crippen molar-refractivity contribution in [1.29, 1.82) is 0 Å². The molecule has 0 aliphatic rings. The van der Waals surface area contributed by atoms with Crippen LogP contribution in [-0.4, -0.2) is 47.9 Å². The molecular formula is C12H19N3O4. The summed E-state index contributed by atoms with van der Waals surface area (Å²) in [4.78, 5) is 19.4. The van der Waals surface area contributed by atoms with Crippen molar-refractivity contribution < 1.29 is 19.4 Å². The molecule has 0 amide bonds. The van der Waals surface area contributed by atoms with Crippen LogP contribution in [0.15, 0.2) is 6.07 Å². The Balaban J connectivity index is 2.64. The maximum absolute atomic E-state index is 11.7. The molecule has 0 bridgehead atoms. The first kappa shape index (κ1) is 15.2. The molecule has 106 valence electrons. The summed E-state index contributed by atoms with van der Waals surface area (Å²) in [5.41, 5.74) is 0.0310. The van der Waals surface area contributed by atoms with Gasteiger partial charge in [0.05, 0.1) is 13.2 Å². The predicted molar refractivity (Wildman–Crippen MR) is 69.3 cm³/mol. The molecule has 0 atom stereocenters. The van der Waals surface area contributed by atoms with E-state index in [1.165, 1.54) is 6.07 Å². The molecule has 1 aromatic heterocycles. The molecule has 0 aliphatic heterocycles. The van der Waals surface area contributed by atoms with Gasteiger partial charge in [-0.05, 0) is 6.42 Å². The minimum absolute atomic E-state index is 0.0310. The first-order valence-corrected chi connectivity index (χ1v) is 6.15. The number of unbranched alkanes of at least 4 members (excludes halogenated alkanes) is 1. The lowest BCUT2D eigenvalue weighted by Crippen LogP contribution is -2.14. The summed E-state index contributed by atoms with van der Waals surface area (Å²) < 4.78 is 9.88. The Bertz CT molecular complexity index is 412. The molecule has 0 saturated heterocycles. The van der Waals surface area contributed by atoms with E-state index in [1.54, 1.807) is 7.11 Å². The summed E-state index contributed by atoms with van der Waals surface area (Å²) in [5, 5.41) is 12.3. The van der Waals surface area contributed by atoms with Crippen LogP contribution in [0.5, 0.6) is 5.88 Å². The number of nitrogens with zero attached hydrogens (tertiary/aromatic N) is 2. The van der Waals surface area contributed by atoms with E-state index in [0.717, 1.165) is 12.8 Å². The van der Waals surface area contributed by atoms with Gasteiger partial charge >= 0.3 is 5.97 Å². The van der Waals surface area contributed by atoms with Gasteiger partial charge in [-0.3, -0.25) is 0 Å². The number of rotatable bonds is 8. The molecule has 0 fully saturated rings. The predicted octanol–water partition coefficient (Wildman–Crippen LogP) is 1.20. The lowest BCUT2D eigenvalue weighted by atomic mass is 10.3. The normalized spacial score (nSPS) is 10.2.